The van der Waals surface area contributed by atoms with Crippen molar-refractivity contribution in [2.75, 3.05) is 7.11 Å². The van der Waals surface area contributed by atoms with Crippen molar-refractivity contribution in [1.29, 1.82) is 0 Å². The number of rotatable bonds is 4. The second-order valence-electron chi connectivity index (χ2n) is 7.16. The third-order valence-corrected chi connectivity index (χ3v) is 7.63. The summed E-state index contributed by atoms with van der Waals surface area (Å²) in [6, 6.07) is 8.77. The number of hydrogen-bond donors (Lipinski definition) is 0. The SMILES string of the molecule is COC(=O)C[C@H]1c2nnc(C)n2-c2sc(C)c(Br)c2CN1C(=O)OCc1ccccc1. The molecule has 4 rings (SSSR count). The van der Waals surface area contributed by atoms with Gasteiger partial charge in [-0.05, 0) is 35.3 Å². The van der Waals surface area contributed by atoms with Crippen LogP contribution in [0.4, 0.5) is 4.79 Å². The third-order valence-electron chi connectivity index (χ3n) is 5.17. The van der Waals surface area contributed by atoms with Crippen LogP contribution in [-0.2, 0) is 27.4 Å². The molecule has 0 bridgehead atoms. The first kappa shape index (κ1) is 21.5. The Morgan fingerprint density at radius 1 is 1.23 bits per heavy atom. The van der Waals surface area contributed by atoms with Gasteiger partial charge in [0.1, 0.15) is 23.5 Å². The number of benzene rings is 1. The molecule has 3 heterocycles. The minimum atomic E-state index is -0.677. The predicted octanol–water partition coefficient (Wildman–Crippen LogP) is 4.46. The fourth-order valence-corrected chi connectivity index (χ4v) is 5.37. The average Bonchev–Trinajstić information content (AvgIpc) is 3.24. The summed E-state index contributed by atoms with van der Waals surface area (Å²) >= 11 is 5.24. The topological polar surface area (TPSA) is 86.5 Å². The number of amides is 1. The monoisotopic (exact) mass is 504 g/mol. The fraction of sp³-hybridized carbons (Fsp3) is 0.333. The van der Waals surface area contributed by atoms with Crippen molar-refractivity contribution >= 4 is 39.3 Å². The summed E-state index contributed by atoms with van der Waals surface area (Å²) in [6.07, 6.45) is -0.589. The standard InChI is InChI=1S/C21H21BrN4O4S/c1-12-18(22)15-10-25(21(28)30-11-14-7-5-4-6-8-14)16(9-17(27)29-3)19-24-23-13(2)26(19)20(15)31-12/h4-8,16H,9-11H2,1-3H3/t16-/m0/s1. The van der Waals surface area contributed by atoms with E-state index in [2.05, 4.69) is 26.1 Å². The van der Waals surface area contributed by atoms with Gasteiger partial charge in [-0.1, -0.05) is 30.3 Å². The zero-order valence-corrected chi connectivity index (χ0v) is 19.7. The number of hydrogen-bond acceptors (Lipinski definition) is 7. The van der Waals surface area contributed by atoms with Crippen LogP contribution < -0.4 is 0 Å². The molecule has 1 aliphatic heterocycles. The van der Waals surface area contributed by atoms with Crippen LogP contribution in [0.1, 0.15) is 40.1 Å². The summed E-state index contributed by atoms with van der Waals surface area (Å²) in [4.78, 5) is 28.1. The molecule has 0 N–H and O–H groups in total. The van der Waals surface area contributed by atoms with Crippen LogP contribution in [-0.4, -0.2) is 38.8 Å². The lowest BCUT2D eigenvalue weighted by Gasteiger charge is -2.28. The summed E-state index contributed by atoms with van der Waals surface area (Å²) in [6.45, 7) is 4.25. The Morgan fingerprint density at radius 3 is 2.68 bits per heavy atom. The van der Waals surface area contributed by atoms with Gasteiger partial charge in [0.25, 0.3) is 0 Å². The Bertz CT molecular complexity index is 1130. The molecule has 1 aromatic carbocycles. The molecule has 0 saturated carbocycles. The van der Waals surface area contributed by atoms with Crippen molar-refractivity contribution in [1.82, 2.24) is 19.7 Å². The van der Waals surface area contributed by atoms with Crippen molar-refractivity contribution in [2.24, 2.45) is 0 Å². The van der Waals surface area contributed by atoms with Crippen LogP contribution in [0.25, 0.3) is 5.00 Å². The van der Waals surface area contributed by atoms with Gasteiger partial charge in [-0.2, -0.15) is 0 Å². The minimum absolute atomic E-state index is 0.0549. The molecule has 31 heavy (non-hydrogen) atoms. The van der Waals surface area contributed by atoms with E-state index in [4.69, 9.17) is 9.47 Å². The van der Waals surface area contributed by atoms with E-state index < -0.39 is 18.1 Å². The van der Waals surface area contributed by atoms with Crippen molar-refractivity contribution in [3.05, 3.63) is 62.5 Å². The first-order chi connectivity index (χ1) is 14.9. The van der Waals surface area contributed by atoms with Gasteiger partial charge in [0.2, 0.25) is 0 Å². The molecule has 8 nitrogen and oxygen atoms in total. The van der Waals surface area contributed by atoms with E-state index in [1.54, 1.807) is 11.3 Å². The number of carbonyl (C=O) groups is 2. The third kappa shape index (κ3) is 4.09. The molecule has 1 aliphatic rings. The molecular weight excluding hydrogens is 484 g/mol. The molecule has 0 aliphatic carbocycles. The van der Waals surface area contributed by atoms with E-state index in [9.17, 15) is 9.59 Å². The van der Waals surface area contributed by atoms with E-state index in [0.717, 1.165) is 25.5 Å². The molecular formula is C21H21BrN4O4S. The number of halogens is 1. The number of carbonyl (C=O) groups excluding carboxylic acids is 2. The average molecular weight is 505 g/mol. The summed E-state index contributed by atoms with van der Waals surface area (Å²) < 4.78 is 13.3. The Morgan fingerprint density at radius 2 is 1.97 bits per heavy atom. The Labute approximate surface area is 191 Å². The van der Waals surface area contributed by atoms with Crippen LogP contribution in [0.3, 0.4) is 0 Å². The highest BCUT2D eigenvalue weighted by Crippen LogP contribution is 2.42. The Balaban J connectivity index is 1.75. The van der Waals surface area contributed by atoms with Crippen LogP contribution in [0, 0.1) is 13.8 Å². The van der Waals surface area contributed by atoms with Gasteiger partial charge in [-0.3, -0.25) is 14.3 Å². The van der Waals surface area contributed by atoms with E-state index in [0.29, 0.717) is 11.6 Å². The van der Waals surface area contributed by atoms with Gasteiger partial charge in [0.05, 0.1) is 20.1 Å². The second kappa shape index (κ2) is 8.80. The van der Waals surface area contributed by atoms with Crippen LogP contribution in [0.2, 0.25) is 0 Å². The zero-order valence-electron chi connectivity index (χ0n) is 17.3. The molecule has 3 aromatic rings. The Kier molecular flexibility index (Phi) is 6.10. The first-order valence-electron chi connectivity index (χ1n) is 9.64. The normalized spacial score (nSPS) is 15.1. The number of aromatic nitrogens is 3. The lowest BCUT2D eigenvalue weighted by atomic mass is 10.1. The summed E-state index contributed by atoms with van der Waals surface area (Å²) in [7, 11) is 1.32. The minimum Gasteiger partial charge on any atom is -0.469 e. The maximum atomic E-state index is 13.2. The highest BCUT2D eigenvalue weighted by molar-refractivity contribution is 9.10. The largest absolute Gasteiger partial charge is 0.469 e. The number of fused-ring (bicyclic) bond motifs is 3. The smallest absolute Gasteiger partial charge is 0.411 e. The molecule has 0 radical (unpaired) electrons. The highest BCUT2D eigenvalue weighted by Gasteiger charge is 2.38. The predicted molar refractivity (Wildman–Crippen MR) is 118 cm³/mol. The van der Waals surface area contributed by atoms with E-state index in [1.165, 1.54) is 12.0 Å². The number of nitrogens with zero attached hydrogens (tertiary/aromatic N) is 4. The van der Waals surface area contributed by atoms with Crippen molar-refractivity contribution < 1.29 is 19.1 Å². The van der Waals surface area contributed by atoms with E-state index in [1.807, 2.05) is 48.7 Å². The van der Waals surface area contributed by atoms with E-state index in [-0.39, 0.29) is 19.6 Å². The maximum absolute atomic E-state index is 13.2. The molecule has 0 fully saturated rings. The van der Waals surface area contributed by atoms with Crippen LogP contribution in [0.15, 0.2) is 34.8 Å². The first-order valence-corrected chi connectivity index (χ1v) is 11.3. The van der Waals surface area contributed by atoms with Gasteiger partial charge in [-0.25, -0.2) is 4.79 Å². The summed E-state index contributed by atoms with van der Waals surface area (Å²) in [5, 5.41) is 9.47. The molecule has 0 saturated heterocycles. The second-order valence-corrected chi connectivity index (χ2v) is 9.16. The molecule has 2 aromatic heterocycles. The number of aryl methyl sites for hydroxylation is 2. The zero-order chi connectivity index (χ0) is 22.1. The molecule has 1 atom stereocenters. The highest BCUT2D eigenvalue weighted by atomic mass is 79.9. The molecule has 1 amide bonds. The lowest BCUT2D eigenvalue weighted by molar-refractivity contribution is -0.142. The van der Waals surface area contributed by atoms with Gasteiger partial charge >= 0.3 is 12.1 Å². The maximum Gasteiger partial charge on any atom is 0.411 e. The van der Waals surface area contributed by atoms with Crippen LogP contribution in [0.5, 0.6) is 0 Å². The molecule has 162 valence electrons. The van der Waals surface area contributed by atoms with E-state index >= 15 is 0 Å². The van der Waals surface area contributed by atoms with Gasteiger partial charge in [0, 0.05) is 14.9 Å². The number of esters is 1. The molecule has 10 heteroatoms. The summed E-state index contributed by atoms with van der Waals surface area (Å²) in [5.74, 6) is 0.741. The number of methoxy groups -OCH3 is 1. The van der Waals surface area contributed by atoms with Crippen molar-refractivity contribution in [2.45, 2.75) is 39.5 Å². The Hall–Kier alpha value is -2.72. The van der Waals surface area contributed by atoms with Gasteiger partial charge in [0.15, 0.2) is 5.82 Å². The van der Waals surface area contributed by atoms with Crippen molar-refractivity contribution in [3.63, 3.8) is 0 Å². The van der Waals surface area contributed by atoms with Gasteiger partial charge in [-0.15, -0.1) is 21.5 Å². The lowest BCUT2D eigenvalue weighted by Crippen LogP contribution is -2.36. The molecule has 0 unspecified atom stereocenters. The molecule has 0 spiro atoms. The fourth-order valence-electron chi connectivity index (χ4n) is 3.58. The number of ether oxygens (including phenoxy) is 2. The quantitative estimate of drug-likeness (QED) is 0.487. The van der Waals surface area contributed by atoms with Crippen molar-refractivity contribution in [3.8, 4) is 5.00 Å². The van der Waals surface area contributed by atoms with Crippen LogP contribution >= 0.6 is 27.3 Å². The van der Waals surface area contributed by atoms with Gasteiger partial charge < -0.3 is 9.47 Å². The summed E-state index contributed by atoms with van der Waals surface area (Å²) in [5.41, 5.74) is 1.80. The number of thiophene rings is 1.